The molecule has 0 heterocycles. The second-order valence-corrected chi connectivity index (χ2v) is 3.41. The Morgan fingerprint density at radius 2 is 2.18 bits per heavy atom. The van der Waals surface area contributed by atoms with Gasteiger partial charge in [-0.1, -0.05) is 18.2 Å². The molecule has 0 unspecified atom stereocenters. The van der Waals surface area contributed by atoms with Gasteiger partial charge in [-0.15, -0.1) is 0 Å². The molecule has 0 aromatic heterocycles. The normalized spacial score (nSPS) is 11.8. The Labute approximate surface area is 101 Å². The van der Waals surface area contributed by atoms with Crippen LogP contribution in [0.25, 0.3) is 0 Å². The monoisotopic (exact) mass is 232 g/mol. The fourth-order valence-corrected chi connectivity index (χ4v) is 1.19. The van der Waals surface area contributed by atoms with Crippen molar-refractivity contribution >= 4 is 17.9 Å². The molecule has 0 aliphatic carbocycles. The number of carbonyl (C=O) groups is 1. The number of ether oxygens (including phenoxy) is 1. The summed E-state index contributed by atoms with van der Waals surface area (Å²) in [6.45, 7) is 4.00. The van der Waals surface area contributed by atoms with E-state index >= 15 is 0 Å². The fourth-order valence-electron chi connectivity index (χ4n) is 1.19. The summed E-state index contributed by atoms with van der Waals surface area (Å²) in [4.78, 5) is 15.4. The first kappa shape index (κ1) is 13.0. The molecule has 0 aliphatic rings. The number of rotatable bonds is 4. The third-order valence-electron chi connectivity index (χ3n) is 2.09. The Kier molecular flexibility index (Phi) is 4.94. The van der Waals surface area contributed by atoms with Crippen LogP contribution in [0.3, 0.4) is 0 Å². The first-order valence-corrected chi connectivity index (χ1v) is 5.37. The van der Waals surface area contributed by atoms with E-state index in [0.717, 1.165) is 11.3 Å². The Hall–Kier alpha value is -2.10. The van der Waals surface area contributed by atoms with Crippen LogP contribution in [0.4, 0.5) is 5.69 Å². The van der Waals surface area contributed by atoms with Crippen LogP contribution < -0.4 is 5.73 Å². The number of benzene rings is 1. The fraction of sp³-hybridized carbons (Fsp3) is 0.231. The highest BCUT2D eigenvalue weighted by atomic mass is 16.5. The highest BCUT2D eigenvalue weighted by Gasteiger charge is 2.03. The number of hydrogen-bond donors (Lipinski definition) is 1. The number of hydrogen-bond acceptors (Lipinski definition) is 4. The van der Waals surface area contributed by atoms with Crippen LogP contribution in [0.5, 0.6) is 0 Å². The van der Waals surface area contributed by atoms with Crippen molar-refractivity contribution < 1.29 is 9.53 Å². The largest absolute Gasteiger partial charge is 0.461 e. The molecule has 4 nitrogen and oxygen atoms in total. The highest BCUT2D eigenvalue weighted by molar-refractivity contribution is 5.92. The predicted molar refractivity (Wildman–Crippen MR) is 68.2 cm³/mol. The van der Waals surface area contributed by atoms with Crippen LogP contribution in [0.1, 0.15) is 12.5 Å². The zero-order valence-corrected chi connectivity index (χ0v) is 10.0. The molecular formula is C13H16N2O2. The third kappa shape index (κ3) is 4.10. The van der Waals surface area contributed by atoms with Gasteiger partial charge >= 0.3 is 5.97 Å². The summed E-state index contributed by atoms with van der Waals surface area (Å²) in [5.41, 5.74) is 7.46. The standard InChI is InChI=1S/C13H16N2O2/c1-3-17-13(16)11(14)8-9-15-12-7-5-4-6-10(12)2/h4-9H,3,14H2,1-2H3. The Morgan fingerprint density at radius 1 is 1.47 bits per heavy atom. The molecule has 0 bridgehead atoms. The molecule has 1 aromatic rings. The summed E-state index contributed by atoms with van der Waals surface area (Å²) in [5.74, 6) is -0.524. The van der Waals surface area contributed by atoms with Crippen molar-refractivity contribution in [1.29, 1.82) is 0 Å². The number of nitrogens with zero attached hydrogens (tertiary/aromatic N) is 1. The minimum absolute atomic E-state index is 0.0455. The minimum Gasteiger partial charge on any atom is -0.461 e. The summed E-state index contributed by atoms with van der Waals surface area (Å²) >= 11 is 0. The van der Waals surface area contributed by atoms with Crippen LogP contribution in [-0.4, -0.2) is 18.8 Å². The number of aryl methyl sites for hydroxylation is 1. The number of carbonyl (C=O) groups excluding carboxylic acids is 1. The molecule has 0 amide bonds. The van der Waals surface area contributed by atoms with E-state index in [9.17, 15) is 4.79 Å². The predicted octanol–water partition coefficient (Wildman–Crippen LogP) is 2.10. The number of esters is 1. The van der Waals surface area contributed by atoms with Crippen molar-refractivity contribution in [3.63, 3.8) is 0 Å². The number of nitrogens with two attached hydrogens (primary N) is 1. The summed E-state index contributed by atoms with van der Waals surface area (Å²) in [6, 6.07) is 7.70. The number of allylic oxidation sites excluding steroid dienone is 1. The second-order valence-electron chi connectivity index (χ2n) is 3.41. The molecule has 0 saturated heterocycles. The lowest BCUT2D eigenvalue weighted by Gasteiger charge is -1.99. The van der Waals surface area contributed by atoms with E-state index < -0.39 is 5.97 Å². The molecule has 0 saturated carbocycles. The van der Waals surface area contributed by atoms with Gasteiger partial charge in [0, 0.05) is 6.21 Å². The van der Waals surface area contributed by atoms with Crippen LogP contribution in [0, 0.1) is 6.92 Å². The van der Waals surface area contributed by atoms with Crippen LogP contribution in [-0.2, 0) is 9.53 Å². The van der Waals surface area contributed by atoms with Gasteiger partial charge in [0.1, 0.15) is 5.70 Å². The molecule has 0 radical (unpaired) electrons. The van der Waals surface area contributed by atoms with Crippen molar-refractivity contribution in [2.24, 2.45) is 10.7 Å². The summed E-state index contributed by atoms with van der Waals surface area (Å²) in [5, 5.41) is 0. The van der Waals surface area contributed by atoms with Crippen molar-refractivity contribution in [2.45, 2.75) is 13.8 Å². The van der Waals surface area contributed by atoms with Crippen molar-refractivity contribution in [3.8, 4) is 0 Å². The number of aliphatic imine (C=N–C) groups is 1. The van der Waals surface area contributed by atoms with Gasteiger partial charge in [0.05, 0.1) is 12.3 Å². The van der Waals surface area contributed by atoms with Crippen LogP contribution >= 0.6 is 0 Å². The zero-order valence-electron chi connectivity index (χ0n) is 10.0. The van der Waals surface area contributed by atoms with E-state index in [1.54, 1.807) is 6.92 Å². The lowest BCUT2D eigenvalue weighted by atomic mass is 10.2. The molecular weight excluding hydrogens is 216 g/mol. The van der Waals surface area contributed by atoms with Gasteiger partial charge in [-0.3, -0.25) is 4.99 Å². The summed E-state index contributed by atoms with van der Waals surface area (Å²) in [6.07, 6.45) is 2.93. The van der Waals surface area contributed by atoms with Gasteiger partial charge in [-0.2, -0.15) is 0 Å². The Balaban J connectivity index is 2.70. The van der Waals surface area contributed by atoms with E-state index in [1.165, 1.54) is 12.3 Å². The van der Waals surface area contributed by atoms with Gasteiger partial charge < -0.3 is 10.5 Å². The molecule has 1 aromatic carbocycles. The molecule has 2 N–H and O–H groups in total. The van der Waals surface area contributed by atoms with Crippen molar-refractivity contribution in [1.82, 2.24) is 0 Å². The zero-order chi connectivity index (χ0) is 12.7. The lowest BCUT2D eigenvalue weighted by molar-refractivity contribution is -0.138. The smallest absolute Gasteiger partial charge is 0.354 e. The van der Waals surface area contributed by atoms with E-state index in [2.05, 4.69) is 4.99 Å². The first-order valence-electron chi connectivity index (χ1n) is 5.37. The maximum absolute atomic E-state index is 11.2. The number of para-hydroxylation sites is 1. The van der Waals surface area contributed by atoms with Crippen molar-refractivity contribution in [3.05, 3.63) is 41.6 Å². The topological polar surface area (TPSA) is 64.7 Å². The molecule has 0 fully saturated rings. The van der Waals surface area contributed by atoms with E-state index in [1.807, 2.05) is 31.2 Å². The molecule has 1 rings (SSSR count). The van der Waals surface area contributed by atoms with Gasteiger partial charge in [0.2, 0.25) is 0 Å². The minimum atomic E-state index is -0.524. The highest BCUT2D eigenvalue weighted by Crippen LogP contribution is 2.16. The first-order chi connectivity index (χ1) is 8.15. The van der Waals surface area contributed by atoms with Gasteiger partial charge in [0.15, 0.2) is 0 Å². The lowest BCUT2D eigenvalue weighted by Crippen LogP contribution is -2.14. The van der Waals surface area contributed by atoms with Gasteiger partial charge in [-0.25, -0.2) is 4.79 Å². The van der Waals surface area contributed by atoms with Crippen LogP contribution in [0.2, 0.25) is 0 Å². The van der Waals surface area contributed by atoms with E-state index in [-0.39, 0.29) is 5.70 Å². The Bertz CT molecular complexity index is 450. The molecule has 0 aliphatic heterocycles. The average Bonchev–Trinajstić information content (AvgIpc) is 2.31. The molecule has 0 spiro atoms. The molecule has 17 heavy (non-hydrogen) atoms. The third-order valence-corrected chi connectivity index (χ3v) is 2.09. The van der Waals surface area contributed by atoms with Gasteiger partial charge in [-0.05, 0) is 31.6 Å². The van der Waals surface area contributed by atoms with E-state index in [4.69, 9.17) is 10.5 Å². The van der Waals surface area contributed by atoms with E-state index in [0.29, 0.717) is 6.61 Å². The molecule has 0 atom stereocenters. The molecule has 90 valence electrons. The summed E-state index contributed by atoms with van der Waals surface area (Å²) in [7, 11) is 0. The summed E-state index contributed by atoms with van der Waals surface area (Å²) < 4.78 is 4.74. The van der Waals surface area contributed by atoms with Gasteiger partial charge in [0.25, 0.3) is 0 Å². The maximum atomic E-state index is 11.2. The SMILES string of the molecule is CCOC(=O)C(N)=CC=Nc1ccccc1C. The molecule has 4 heteroatoms. The van der Waals surface area contributed by atoms with Crippen LogP contribution in [0.15, 0.2) is 41.0 Å². The Morgan fingerprint density at radius 3 is 2.82 bits per heavy atom. The quantitative estimate of drug-likeness (QED) is 0.491. The maximum Gasteiger partial charge on any atom is 0.354 e. The second kappa shape index (κ2) is 6.48. The van der Waals surface area contributed by atoms with Crippen molar-refractivity contribution in [2.75, 3.05) is 6.61 Å². The average molecular weight is 232 g/mol.